The molecule has 0 aromatic heterocycles. The van der Waals surface area contributed by atoms with Crippen LogP contribution in [0.1, 0.15) is 25.8 Å². The molecule has 3 heteroatoms. The molecule has 1 aromatic rings. The number of allylic oxidation sites excluding steroid dienone is 1. The van der Waals surface area contributed by atoms with E-state index in [1.54, 1.807) is 6.08 Å². The van der Waals surface area contributed by atoms with Crippen LogP contribution in [0.2, 0.25) is 0 Å². The summed E-state index contributed by atoms with van der Waals surface area (Å²) in [7, 11) is 0. The van der Waals surface area contributed by atoms with Crippen molar-refractivity contribution in [3.05, 3.63) is 29.8 Å². The van der Waals surface area contributed by atoms with E-state index in [1.807, 2.05) is 38.1 Å². The monoisotopic (exact) mass is 246 g/mol. The Morgan fingerprint density at radius 3 is 2.67 bits per heavy atom. The second kappa shape index (κ2) is 5.71. The first-order valence-corrected chi connectivity index (χ1v) is 6.28. The molecule has 1 aromatic carbocycles. The molecule has 0 saturated carbocycles. The molecule has 0 N–H and O–H groups in total. The molecule has 0 spiro atoms. The smallest absolute Gasteiger partial charge is 0.161 e. The molecule has 96 valence electrons. The van der Waals surface area contributed by atoms with Gasteiger partial charge in [0.05, 0.1) is 13.2 Å². The SMILES string of the molecule is CC(C)C(=O)C=Cc1ccc2c(c1)OCCCO2. The fourth-order valence-electron chi connectivity index (χ4n) is 1.65. The lowest BCUT2D eigenvalue weighted by molar-refractivity contribution is -0.117. The molecule has 0 bridgehead atoms. The van der Waals surface area contributed by atoms with Gasteiger partial charge in [0.15, 0.2) is 17.3 Å². The molecule has 0 atom stereocenters. The lowest BCUT2D eigenvalue weighted by atomic mass is 10.1. The van der Waals surface area contributed by atoms with Gasteiger partial charge in [-0.2, -0.15) is 0 Å². The van der Waals surface area contributed by atoms with Crippen molar-refractivity contribution in [3.63, 3.8) is 0 Å². The van der Waals surface area contributed by atoms with E-state index in [9.17, 15) is 4.79 Å². The van der Waals surface area contributed by atoms with Gasteiger partial charge < -0.3 is 9.47 Å². The van der Waals surface area contributed by atoms with Crippen molar-refractivity contribution in [3.8, 4) is 11.5 Å². The minimum atomic E-state index is 0.0293. The first kappa shape index (κ1) is 12.7. The van der Waals surface area contributed by atoms with Gasteiger partial charge >= 0.3 is 0 Å². The molecule has 3 nitrogen and oxygen atoms in total. The van der Waals surface area contributed by atoms with Crippen LogP contribution in [0.5, 0.6) is 11.5 Å². The molecular formula is C15H18O3. The van der Waals surface area contributed by atoms with Crippen LogP contribution in [0.25, 0.3) is 6.08 Å². The van der Waals surface area contributed by atoms with E-state index < -0.39 is 0 Å². The Kier molecular flexibility index (Phi) is 4.03. The molecule has 1 heterocycles. The van der Waals surface area contributed by atoms with Gasteiger partial charge in [-0.3, -0.25) is 4.79 Å². The fourth-order valence-corrected chi connectivity index (χ4v) is 1.65. The summed E-state index contributed by atoms with van der Waals surface area (Å²) in [5.74, 6) is 1.69. The fraction of sp³-hybridized carbons (Fsp3) is 0.400. The molecule has 18 heavy (non-hydrogen) atoms. The van der Waals surface area contributed by atoms with Crippen LogP contribution in [0.15, 0.2) is 24.3 Å². The second-order valence-corrected chi connectivity index (χ2v) is 4.65. The summed E-state index contributed by atoms with van der Waals surface area (Å²) in [6.45, 7) is 5.14. The van der Waals surface area contributed by atoms with E-state index in [1.165, 1.54) is 0 Å². The minimum Gasteiger partial charge on any atom is -0.490 e. The molecule has 2 rings (SSSR count). The normalized spacial score (nSPS) is 14.8. The highest BCUT2D eigenvalue weighted by atomic mass is 16.5. The van der Waals surface area contributed by atoms with Crippen molar-refractivity contribution in [1.29, 1.82) is 0 Å². The Morgan fingerprint density at radius 1 is 1.22 bits per heavy atom. The number of fused-ring (bicyclic) bond motifs is 1. The summed E-state index contributed by atoms with van der Waals surface area (Å²) in [5, 5.41) is 0. The predicted octanol–water partition coefficient (Wildman–Crippen LogP) is 3.09. The maximum atomic E-state index is 11.5. The van der Waals surface area contributed by atoms with Crippen LogP contribution in [0.4, 0.5) is 0 Å². The highest BCUT2D eigenvalue weighted by molar-refractivity contribution is 5.94. The van der Waals surface area contributed by atoms with Crippen molar-refractivity contribution in [2.24, 2.45) is 5.92 Å². The number of hydrogen-bond acceptors (Lipinski definition) is 3. The summed E-state index contributed by atoms with van der Waals surface area (Å²) < 4.78 is 11.2. The summed E-state index contributed by atoms with van der Waals surface area (Å²) in [5.41, 5.74) is 0.952. The first-order chi connectivity index (χ1) is 8.66. The van der Waals surface area contributed by atoms with Gasteiger partial charge in [0.1, 0.15) is 0 Å². The van der Waals surface area contributed by atoms with Crippen molar-refractivity contribution >= 4 is 11.9 Å². The molecule has 1 aliphatic heterocycles. The zero-order valence-electron chi connectivity index (χ0n) is 10.8. The van der Waals surface area contributed by atoms with Crippen molar-refractivity contribution < 1.29 is 14.3 Å². The van der Waals surface area contributed by atoms with E-state index in [2.05, 4.69) is 0 Å². The third-order valence-electron chi connectivity index (χ3n) is 2.78. The maximum Gasteiger partial charge on any atom is 0.161 e. The van der Waals surface area contributed by atoms with Gasteiger partial charge in [-0.05, 0) is 23.8 Å². The molecule has 0 amide bonds. The first-order valence-electron chi connectivity index (χ1n) is 6.28. The third-order valence-corrected chi connectivity index (χ3v) is 2.78. The number of carbonyl (C=O) groups is 1. The lowest BCUT2D eigenvalue weighted by Crippen LogP contribution is -2.01. The van der Waals surface area contributed by atoms with Gasteiger partial charge in [-0.25, -0.2) is 0 Å². The summed E-state index contributed by atoms with van der Waals surface area (Å²) in [4.78, 5) is 11.5. The number of benzene rings is 1. The Morgan fingerprint density at radius 2 is 1.94 bits per heavy atom. The standard InChI is InChI=1S/C15H18O3/c1-11(2)13(16)6-4-12-5-7-14-15(10-12)18-9-3-8-17-14/h4-7,10-11H,3,8-9H2,1-2H3. The van der Waals surface area contributed by atoms with Gasteiger partial charge in [-0.15, -0.1) is 0 Å². The van der Waals surface area contributed by atoms with Crippen LogP contribution in [-0.2, 0) is 4.79 Å². The number of ketones is 1. The average molecular weight is 246 g/mol. The molecule has 0 fully saturated rings. The second-order valence-electron chi connectivity index (χ2n) is 4.65. The largest absolute Gasteiger partial charge is 0.490 e. The lowest BCUT2D eigenvalue weighted by Gasteiger charge is -2.07. The van der Waals surface area contributed by atoms with E-state index in [0.717, 1.165) is 23.5 Å². The van der Waals surface area contributed by atoms with Crippen molar-refractivity contribution in [2.75, 3.05) is 13.2 Å². The number of carbonyl (C=O) groups excluding carboxylic acids is 1. The zero-order chi connectivity index (χ0) is 13.0. The Labute approximate surface area is 107 Å². The van der Waals surface area contributed by atoms with Gasteiger partial charge in [0.2, 0.25) is 0 Å². The highest BCUT2D eigenvalue weighted by Crippen LogP contribution is 2.30. The minimum absolute atomic E-state index is 0.0293. The Hall–Kier alpha value is -1.77. The van der Waals surface area contributed by atoms with Gasteiger partial charge in [-0.1, -0.05) is 26.0 Å². The van der Waals surface area contributed by atoms with Crippen molar-refractivity contribution in [2.45, 2.75) is 20.3 Å². The molecule has 0 saturated heterocycles. The predicted molar refractivity (Wildman–Crippen MR) is 70.9 cm³/mol. The van der Waals surface area contributed by atoms with Crippen LogP contribution in [0, 0.1) is 5.92 Å². The summed E-state index contributed by atoms with van der Waals surface area (Å²) >= 11 is 0. The number of rotatable bonds is 3. The topological polar surface area (TPSA) is 35.5 Å². The van der Waals surface area contributed by atoms with Crippen LogP contribution >= 0.6 is 0 Å². The zero-order valence-corrected chi connectivity index (χ0v) is 10.8. The molecule has 1 aliphatic rings. The number of ether oxygens (including phenoxy) is 2. The molecule has 0 aliphatic carbocycles. The number of hydrogen-bond donors (Lipinski definition) is 0. The van der Waals surface area contributed by atoms with Gasteiger partial charge in [0.25, 0.3) is 0 Å². The van der Waals surface area contributed by atoms with E-state index in [4.69, 9.17) is 9.47 Å². The summed E-state index contributed by atoms with van der Waals surface area (Å²) in [6, 6.07) is 5.72. The van der Waals surface area contributed by atoms with E-state index in [-0.39, 0.29) is 11.7 Å². The highest BCUT2D eigenvalue weighted by Gasteiger charge is 2.10. The average Bonchev–Trinajstić information content (AvgIpc) is 2.60. The molecule has 0 radical (unpaired) electrons. The Balaban J connectivity index is 2.15. The quantitative estimate of drug-likeness (QED) is 0.769. The molecular weight excluding hydrogens is 228 g/mol. The maximum absolute atomic E-state index is 11.5. The van der Waals surface area contributed by atoms with Gasteiger partial charge in [0, 0.05) is 12.3 Å². The van der Waals surface area contributed by atoms with E-state index in [0.29, 0.717) is 13.2 Å². The Bertz CT molecular complexity index is 461. The summed E-state index contributed by atoms with van der Waals surface area (Å²) in [6.07, 6.45) is 4.33. The van der Waals surface area contributed by atoms with Crippen molar-refractivity contribution in [1.82, 2.24) is 0 Å². The van der Waals surface area contributed by atoms with Crippen LogP contribution < -0.4 is 9.47 Å². The van der Waals surface area contributed by atoms with Crippen LogP contribution in [0.3, 0.4) is 0 Å². The molecule has 0 unspecified atom stereocenters. The third kappa shape index (κ3) is 3.13. The van der Waals surface area contributed by atoms with Crippen LogP contribution in [-0.4, -0.2) is 19.0 Å². The van der Waals surface area contributed by atoms with E-state index >= 15 is 0 Å².